The second-order valence-electron chi connectivity index (χ2n) is 3.01. The molecule has 13 heavy (non-hydrogen) atoms. The second kappa shape index (κ2) is 2.82. The molecule has 2 aromatic rings. The highest BCUT2D eigenvalue weighted by atomic mass is 32.1. The molecule has 0 bridgehead atoms. The first-order chi connectivity index (χ1) is 6.24. The summed E-state index contributed by atoms with van der Waals surface area (Å²) >= 11 is 1.66. The summed E-state index contributed by atoms with van der Waals surface area (Å²) in [6.07, 6.45) is 1.65. The first-order valence-corrected chi connectivity index (χ1v) is 4.85. The van der Waals surface area contributed by atoms with E-state index in [1.807, 2.05) is 13.8 Å². The van der Waals surface area contributed by atoms with Crippen molar-refractivity contribution in [2.75, 3.05) is 0 Å². The van der Waals surface area contributed by atoms with Crippen LogP contribution in [0.1, 0.15) is 16.7 Å². The fourth-order valence-corrected chi connectivity index (χ4v) is 2.34. The van der Waals surface area contributed by atoms with E-state index in [9.17, 15) is 0 Å². The standard InChI is InChI=1S/C10H8N2S/c1-6-5-13-10-7(2)8(3-11)4-12-9(6)10/h4-5H,1-2H3. The maximum Gasteiger partial charge on any atom is 0.101 e. The van der Waals surface area contributed by atoms with Crippen molar-refractivity contribution in [2.24, 2.45) is 0 Å². The number of pyridine rings is 1. The van der Waals surface area contributed by atoms with Gasteiger partial charge in [0, 0.05) is 6.20 Å². The van der Waals surface area contributed by atoms with Gasteiger partial charge in [0.1, 0.15) is 6.07 Å². The number of hydrogen-bond donors (Lipinski definition) is 0. The highest BCUT2D eigenvalue weighted by molar-refractivity contribution is 7.17. The number of thiophene rings is 1. The maximum absolute atomic E-state index is 8.80. The Morgan fingerprint density at radius 2 is 2.23 bits per heavy atom. The van der Waals surface area contributed by atoms with Gasteiger partial charge < -0.3 is 0 Å². The normalized spacial score (nSPS) is 10.2. The van der Waals surface area contributed by atoms with Crippen LogP contribution in [0.25, 0.3) is 10.2 Å². The molecule has 0 amide bonds. The lowest BCUT2D eigenvalue weighted by Gasteiger charge is -1.97. The van der Waals surface area contributed by atoms with Crippen molar-refractivity contribution in [1.29, 1.82) is 5.26 Å². The molecule has 0 radical (unpaired) electrons. The van der Waals surface area contributed by atoms with Crippen LogP contribution in [0.2, 0.25) is 0 Å². The van der Waals surface area contributed by atoms with E-state index in [0.717, 1.165) is 15.8 Å². The lowest BCUT2D eigenvalue weighted by atomic mass is 10.1. The van der Waals surface area contributed by atoms with Gasteiger partial charge in [-0.2, -0.15) is 5.26 Å². The SMILES string of the molecule is Cc1csc2c(C)c(C#N)cnc12. The molecule has 3 heteroatoms. The Hall–Kier alpha value is -1.40. The van der Waals surface area contributed by atoms with Crippen LogP contribution in [0.3, 0.4) is 0 Å². The van der Waals surface area contributed by atoms with Gasteiger partial charge in [0.15, 0.2) is 0 Å². The van der Waals surface area contributed by atoms with Crippen LogP contribution in [0.4, 0.5) is 0 Å². The van der Waals surface area contributed by atoms with Gasteiger partial charge in [-0.1, -0.05) is 0 Å². The molecular weight excluding hydrogens is 180 g/mol. The summed E-state index contributed by atoms with van der Waals surface area (Å²) in [5, 5.41) is 10.9. The molecule has 2 aromatic heterocycles. The van der Waals surface area contributed by atoms with Crippen LogP contribution in [-0.4, -0.2) is 4.98 Å². The average molecular weight is 188 g/mol. The number of fused-ring (bicyclic) bond motifs is 1. The predicted octanol–water partition coefficient (Wildman–Crippen LogP) is 2.78. The third kappa shape index (κ3) is 1.11. The van der Waals surface area contributed by atoms with E-state index in [-0.39, 0.29) is 0 Å². The molecule has 0 aliphatic heterocycles. The number of nitrogens with zero attached hydrogens (tertiary/aromatic N) is 2. The molecule has 2 heterocycles. The minimum absolute atomic E-state index is 0.675. The summed E-state index contributed by atoms with van der Waals surface area (Å²) in [5.41, 5.74) is 3.94. The quantitative estimate of drug-likeness (QED) is 0.637. The van der Waals surface area contributed by atoms with E-state index < -0.39 is 0 Å². The lowest BCUT2D eigenvalue weighted by molar-refractivity contribution is 1.32. The van der Waals surface area contributed by atoms with Crippen molar-refractivity contribution in [3.05, 3.63) is 28.3 Å². The predicted molar refractivity (Wildman–Crippen MR) is 53.8 cm³/mol. The molecule has 2 rings (SSSR count). The van der Waals surface area contributed by atoms with Crippen molar-refractivity contribution in [2.45, 2.75) is 13.8 Å². The first kappa shape index (κ1) is 8.21. The monoisotopic (exact) mass is 188 g/mol. The van der Waals surface area contributed by atoms with Crippen molar-refractivity contribution >= 4 is 21.6 Å². The van der Waals surface area contributed by atoms with E-state index in [2.05, 4.69) is 16.4 Å². The summed E-state index contributed by atoms with van der Waals surface area (Å²) in [4.78, 5) is 4.26. The highest BCUT2D eigenvalue weighted by Crippen LogP contribution is 2.27. The number of aryl methyl sites for hydroxylation is 2. The van der Waals surface area contributed by atoms with E-state index in [1.165, 1.54) is 5.56 Å². The van der Waals surface area contributed by atoms with Crippen molar-refractivity contribution in [3.8, 4) is 6.07 Å². The van der Waals surface area contributed by atoms with Gasteiger partial charge in [0.2, 0.25) is 0 Å². The van der Waals surface area contributed by atoms with E-state index in [4.69, 9.17) is 5.26 Å². The Morgan fingerprint density at radius 1 is 1.46 bits per heavy atom. The largest absolute Gasteiger partial charge is 0.254 e. The smallest absolute Gasteiger partial charge is 0.101 e. The molecule has 64 valence electrons. The van der Waals surface area contributed by atoms with Crippen LogP contribution in [0.5, 0.6) is 0 Å². The Kier molecular flexibility index (Phi) is 1.78. The van der Waals surface area contributed by atoms with Gasteiger partial charge in [-0.05, 0) is 30.4 Å². The van der Waals surface area contributed by atoms with E-state index in [1.54, 1.807) is 17.5 Å². The van der Waals surface area contributed by atoms with Gasteiger partial charge in [0.25, 0.3) is 0 Å². The molecule has 0 N–H and O–H groups in total. The molecule has 0 aromatic carbocycles. The number of aromatic nitrogens is 1. The zero-order chi connectivity index (χ0) is 9.42. The highest BCUT2D eigenvalue weighted by Gasteiger charge is 2.07. The Balaban J connectivity index is 2.90. The fraction of sp³-hybridized carbons (Fsp3) is 0.200. The summed E-state index contributed by atoms with van der Waals surface area (Å²) in [5.74, 6) is 0. The van der Waals surface area contributed by atoms with Gasteiger partial charge in [0.05, 0.1) is 15.8 Å². The van der Waals surface area contributed by atoms with E-state index >= 15 is 0 Å². The Labute approximate surface area is 80.5 Å². The van der Waals surface area contributed by atoms with Crippen LogP contribution >= 0.6 is 11.3 Å². The molecule has 2 nitrogen and oxygen atoms in total. The molecule has 0 aliphatic rings. The summed E-state index contributed by atoms with van der Waals surface area (Å²) in [6, 6.07) is 2.14. The maximum atomic E-state index is 8.80. The molecular formula is C10H8N2S. The topological polar surface area (TPSA) is 36.7 Å². The van der Waals surface area contributed by atoms with Crippen LogP contribution in [0.15, 0.2) is 11.6 Å². The van der Waals surface area contributed by atoms with Crippen molar-refractivity contribution in [1.82, 2.24) is 4.98 Å². The van der Waals surface area contributed by atoms with Crippen LogP contribution < -0.4 is 0 Å². The van der Waals surface area contributed by atoms with Gasteiger partial charge in [-0.3, -0.25) is 4.98 Å². The minimum atomic E-state index is 0.675. The number of nitriles is 1. The summed E-state index contributed by atoms with van der Waals surface area (Å²) in [7, 11) is 0. The van der Waals surface area contributed by atoms with Gasteiger partial charge in [-0.25, -0.2) is 0 Å². The molecule has 0 unspecified atom stereocenters. The molecule has 0 atom stereocenters. The third-order valence-corrected chi connectivity index (χ3v) is 3.34. The van der Waals surface area contributed by atoms with Crippen LogP contribution in [0, 0.1) is 25.2 Å². The molecule has 0 spiro atoms. The molecule has 0 saturated heterocycles. The fourth-order valence-electron chi connectivity index (χ4n) is 1.33. The van der Waals surface area contributed by atoms with Crippen molar-refractivity contribution in [3.63, 3.8) is 0 Å². The molecule has 0 saturated carbocycles. The average Bonchev–Trinajstić information content (AvgIpc) is 2.50. The molecule has 0 fully saturated rings. The Bertz CT molecular complexity index is 505. The van der Waals surface area contributed by atoms with Crippen LogP contribution in [-0.2, 0) is 0 Å². The zero-order valence-corrected chi connectivity index (χ0v) is 8.27. The van der Waals surface area contributed by atoms with Crippen molar-refractivity contribution < 1.29 is 0 Å². The number of rotatable bonds is 0. The van der Waals surface area contributed by atoms with Gasteiger partial charge >= 0.3 is 0 Å². The number of hydrogen-bond acceptors (Lipinski definition) is 3. The summed E-state index contributed by atoms with van der Waals surface area (Å²) < 4.78 is 1.14. The Morgan fingerprint density at radius 3 is 2.92 bits per heavy atom. The second-order valence-corrected chi connectivity index (χ2v) is 3.88. The minimum Gasteiger partial charge on any atom is -0.254 e. The lowest BCUT2D eigenvalue weighted by Crippen LogP contribution is -1.85. The first-order valence-electron chi connectivity index (χ1n) is 3.97. The summed E-state index contributed by atoms with van der Waals surface area (Å²) in [6.45, 7) is 4.01. The van der Waals surface area contributed by atoms with E-state index in [0.29, 0.717) is 5.56 Å². The molecule has 0 aliphatic carbocycles. The zero-order valence-electron chi connectivity index (χ0n) is 7.46. The van der Waals surface area contributed by atoms with Gasteiger partial charge in [-0.15, -0.1) is 11.3 Å². The third-order valence-electron chi connectivity index (χ3n) is 2.13.